The van der Waals surface area contributed by atoms with Gasteiger partial charge in [-0.15, -0.1) is 0 Å². The molecule has 3 unspecified atom stereocenters. The summed E-state index contributed by atoms with van der Waals surface area (Å²) >= 11 is 0. The molecule has 2 nitrogen and oxygen atoms in total. The van der Waals surface area contributed by atoms with Gasteiger partial charge in [0.15, 0.2) is 0 Å². The maximum Gasteiger partial charge on any atom is 0.0437 e. The van der Waals surface area contributed by atoms with Gasteiger partial charge in [0.2, 0.25) is 0 Å². The third kappa shape index (κ3) is 5.07. The number of hydrogen-bond acceptors (Lipinski definition) is 2. The van der Waals surface area contributed by atoms with Crippen molar-refractivity contribution >= 4 is 10.8 Å². The van der Waals surface area contributed by atoms with E-state index in [1.165, 1.54) is 16.7 Å². The van der Waals surface area contributed by atoms with E-state index in [4.69, 9.17) is 0 Å². The van der Waals surface area contributed by atoms with Crippen molar-refractivity contribution in [3.63, 3.8) is 0 Å². The van der Waals surface area contributed by atoms with E-state index in [1.807, 2.05) is 7.05 Å². The highest BCUT2D eigenvalue weighted by Crippen LogP contribution is 2.20. The lowest BCUT2D eigenvalue weighted by molar-refractivity contribution is 0.601. The molecule has 0 aliphatic heterocycles. The third-order valence-electron chi connectivity index (χ3n) is 3.68. The predicted molar refractivity (Wildman–Crippen MR) is 85.0 cm³/mol. The Morgan fingerprint density at radius 2 is 1.95 bits per heavy atom. The topological polar surface area (TPSA) is 29.1 Å². The zero-order chi connectivity index (χ0) is 14.4. The smallest absolute Gasteiger partial charge is 0.0437 e. The average molecular weight is 281 g/mol. The van der Waals surface area contributed by atoms with Crippen molar-refractivity contribution in [2.24, 2.45) is 5.92 Å². The molecule has 0 saturated carbocycles. The number of benzene rings is 1. The van der Waals surface area contributed by atoms with E-state index in [1.54, 1.807) is 0 Å². The third-order valence-corrected chi connectivity index (χ3v) is 5.32. The summed E-state index contributed by atoms with van der Waals surface area (Å²) in [5, 5.41) is 3.32. The summed E-state index contributed by atoms with van der Waals surface area (Å²) in [6.07, 6.45) is 1.10. The van der Waals surface area contributed by atoms with Crippen molar-refractivity contribution in [2.75, 3.05) is 18.6 Å². The van der Waals surface area contributed by atoms with Crippen LogP contribution in [-0.4, -0.2) is 22.8 Å². The van der Waals surface area contributed by atoms with Gasteiger partial charge in [0.25, 0.3) is 0 Å². The van der Waals surface area contributed by atoms with Gasteiger partial charge in [0, 0.05) is 28.3 Å². The molecule has 19 heavy (non-hydrogen) atoms. The molecule has 0 radical (unpaired) electrons. The largest absolute Gasteiger partial charge is 0.312 e. The molecule has 0 bridgehead atoms. The summed E-state index contributed by atoms with van der Waals surface area (Å²) in [4.78, 5) is 0. The van der Waals surface area contributed by atoms with E-state index in [-0.39, 0.29) is 6.04 Å². The summed E-state index contributed by atoms with van der Waals surface area (Å²) < 4.78 is 12.2. The Bertz CT molecular complexity index is 431. The molecule has 0 fully saturated rings. The monoisotopic (exact) mass is 281 g/mol. The molecule has 0 aromatic heterocycles. The zero-order valence-electron chi connectivity index (χ0n) is 12.8. The molecule has 3 atom stereocenters. The van der Waals surface area contributed by atoms with E-state index >= 15 is 0 Å². The molecule has 0 amide bonds. The molecule has 1 aromatic rings. The van der Waals surface area contributed by atoms with E-state index in [9.17, 15) is 4.21 Å². The Labute approximate surface area is 120 Å². The van der Waals surface area contributed by atoms with Gasteiger partial charge in [-0.1, -0.05) is 44.0 Å². The SMILES string of the molecule is CCC(C)CS(=O)CC(NC)c1cc(C)ccc1C. The van der Waals surface area contributed by atoms with Gasteiger partial charge in [-0.25, -0.2) is 0 Å². The maximum atomic E-state index is 12.2. The van der Waals surface area contributed by atoms with Gasteiger partial charge in [-0.05, 0) is 37.9 Å². The number of aryl methyl sites for hydroxylation is 2. The van der Waals surface area contributed by atoms with Crippen molar-refractivity contribution in [2.45, 2.75) is 40.2 Å². The fourth-order valence-corrected chi connectivity index (χ4v) is 3.88. The van der Waals surface area contributed by atoms with Crippen molar-refractivity contribution in [3.8, 4) is 0 Å². The van der Waals surface area contributed by atoms with Crippen LogP contribution in [0.5, 0.6) is 0 Å². The summed E-state index contributed by atoms with van der Waals surface area (Å²) in [5.74, 6) is 2.04. The van der Waals surface area contributed by atoms with Crippen LogP contribution in [0, 0.1) is 19.8 Å². The minimum atomic E-state index is -0.758. The van der Waals surface area contributed by atoms with Crippen LogP contribution in [0.25, 0.3) is 0 Å². The molecule has 0 spiro atoms. The van der Waals surface area contributed by atoms with Crippen LogP contribution >= 0.6 is 0 Å². The maximum absolute atomic E-state index is 12.2. The second-order valence-corrected chi connectivity index (χ2v) is 7.03. The highest BCUT2D eigenvalue weighted by molar-refractivity contribution is 7.85. The van der Waals surface area contributed by atoms with Crippen molar-refractivity contribution < 1.29 is 4.21 Å². The Balaban J connectivity index is 2.78. The summed E-state index contributed by atoms with van der Waals surface area (Å²) in [6.45, 7) is 8.55. The number of nitrogens with one attached hydrogen (secondary N) is 1. The molecular formula is C16H27NOS. The molecule has 1 rings (SSSR count). The second-order valence-electron chi connectivity index (χ2n) is 5.49. The molecule has 108 valence electrons. The Kier molecular flexibility index (Phi) is 6.73. The molecule has 0 saturated heterocycles. The molecule has 0 aliphatic rings. The van der Waals surface area contributed by atoms with Gasteiger partial charge in [-0.2, -0.15) is 0 Å². The summed E-state index contributed by atoms with van der Waals surface area (Å²) in [5.41, 5.74) is 3.80. The summed E-state index contributed by atoms with van der Waals surface area (Å²) in [7, 11) is 1.19. The van der Waals surface area contributed by atoms with Gasteiger partial charge >= 0.3 is 0 Å². The first kappa shape index (κ1) is 16.4. The number of hydrogen-bond donors (Lipinski definition) is 1. The number of rotatable bonds is 7. The molecule has 3 heteroatoms. The first-order chi connectivity index (χ1) is 8.97. The zero-order valence-corrected chi connectivity index (χ0v) is 13.6. The predicted octanol–water partition coefficient (Wildman–Crippen LogP) is 3.36. The minimum absolute atomic E-state index is 0.185. The fraction of sp³-hybridized carbons (Fsp3) is 0.625. The van der Waals surface area contributed by atoms with Crippen LogP contribution in [0.4, 0.5) is 0 Å². The molecular weight excluding hydrogens is 254 g/mol. The van der Waals surface area contributed by atoms with Gasteiger partial charge in [0.1, 0.15) is 0 Å². The fourth-order valence-electron chi connectivity index (χ4n) is 2.15. The summed E-state index contributed by atoms with van der Waals surface area (Å²) in [6, 6.07) is 6.66. The van der Waals surface area contributed by atoms with E-state index in [0.717, 1.165) is 12.2 Å². The van der Waals surface area contributed by atoms with Crippen LogP contribution in [0.1, 0.15) is 43.0 Å². The lowest BCUT2D eigenvalue weighted by Gasteiger charge is -2.20. The van der Waals surface area contributed by atoms with Crippen LogP contribution < -0.4 is 5.32 Å². The van der Waals surface area contributed by atoms with Crippen molar-refractivity contribution in [1.29, 1.82) is 0 Å². The van der Waals surface area contributed by atoms with Gasteiger partial charge in [-0.3, -0.25) is 4.21 Å². The van der Waals surface area contributed by atoms with Crippen molar-refractivity contribution in [3.05, 3.63) is 34.9 Å². The first-order valence-corrected chi connectivity index (χ1v) is 8.56. The Hall–Kier alpha value is -0.670. The quantitative estimate of drug-likeness (QED) is 0.830. The lowest BCUT2D eigenvalue weighted by Crippen LogP contribution is -2.25. The highest BCUT2D eigenvalue weighted by Gasteiger charge is 2.16. The second kappa shape index (κ2) is 7.81. The lowest BCUT2D eigenvalue weighted by atomic mass is 10.0. The van der Waals surface area contributed by atoms with Crippen LogP contribution in [-0.2, 0) is 10.8 Å². The van der Waals surface area contributed by atoms with Crippen molar-refractivity contribution in [1.82, 2.24) is 5.32 Å². The standard InChI is InChI=1S/C16H27NOS/c1-6-12(2)10-19(18)11-16(17-5)15-9-13(3)7-8-14(15)4/h7-9,12,16-17H,6,10-11H2,1-5H3. The molecule has 1 N–H and O–H groups in total. The van der Waals surface area contributed by atoms with E-state index in [0.29, 0.717) is 11.7 Å². The molecule has 0 aliphatic carbocycles. The Morgan fingerprint density at radius 1 is 1.26 bits per heavy atom. The first-order valence-electron chi connectivity index (χ1n) is 7.07. The minimum Gasteiger partial charge on any atom is -0.312 e. The molecule has 0 heterocycles. The van der Waals surface area contributed by atoms with E-state index < -0.39 is 10.8 Å². The Morgan fingerprint density at radius 3 is 2.53 bits per heavy atom. The van der Waals surface area contributed by atoms with Crippen LogP contribution in [0.15, 0.2) is 18.2 Å². The van der Waals surface area contributed by atoms with Gasteiger partial charge < -0.3 is 5.32 Å². The van der Waals surface area contributed by atoms with E-state index in [2.05, 4.69) is 51.2 Å². The molecule has 1 aromatic carbocycles. The van der Waals surface area contributed by atoms with Gasteiger partial charge in [0.05, 0.1) is 0 Å². The van der Waals surface area contributed by atoms with Crippen LogP contribution in [0.2, 0.25) is 0 Å². The average Bonchev–Trinajstić information content (AvgIpc) is 2.38. The highest BCUT2D eigenvalue weighted by atomic mass is 32.2. The van der Waals surface area contributed by atoms with Crippen LogP contribution in [0.3, 0.4) is 0 Å². The normalized spacial score (nSPS) is 16.1.